The summed E-state index contributed by atoms with van der Waals surface area (Å²) in [7, 11) is 0. The highest BCUT2D eigenvalue weighted by Crippen LogP contribution is 2.24. The van der Waals surface area contributed by atoms with Gasteiger partial charge in [0.15, 0.2) is 0 Å². The molecule has 3 aromatic rings. The first-order chi connectivity index (χ1) is 13.5. The van der Waals surface area contributed by atoms with E-state index in [1.54, 1.807) is 24.3 Å². The lowest BCUT2D eigenvalue weighted by Crippen LogP contribution is -2.25. The highest BCUT2D eigenvalue weighted by Gasteiger charge is 2.24. The number of nitrogens with zero attached hydrogens (tertiary/aromatic N) is 2. The summed E-state index contributed by atoms with van der Waals surface area (Å²) in [6, 6.07) is 14.8. The third kappa shape index (κ3) is 3.59. The number of para-hydroxylation sites is 1. The van der Waals surface area contributed by atoms with Crippen LogP contribution in [0.3, 0.4) is 0 Å². The number of aromatic nitrogens is 2. The molecular weight excluding hydrogens is 354 g/mol. The molecule has 1 heterocycles. The Labute approximate surface area is 162 Å². The molecule has 142 valence electrons. The normalized spacial score (nSPS) is 13.2. The average molecular weight is 375 g/mol. The molecule has 4 rings (SSSR count). The van der Waals surface area contributed by atoms with Gasteiger partial charge in [-0.1, -0.05) is 24.3 Å². The third-order valence-corrected chi connectivity index (χ3v) is 4.69. The quantitative estimate of drug-likeness (QED) is 0.638. The number of nitrogens with one attached hydrogen (secondary N) is 2. The zero-order valence-electron chi connectivity index (χ0n) is 15.5. The van der Waals surface area contributed by atoms with Gasteiger partial charge in [0.25, 0.3) is 11.8 Å². The lowest BCUT2D eigenvalue weighted by Gasteiger charge is -2.11. The molecule has 1 aliphatic rings. The molecule has 0 saturated heterocycles. The fourth-order valence-electron chi connectivity index (χ4n) is 2.92. The van der Waals surface area contributed by atoms with Gasteiger partial charge in [-0.3, -0.25) is 9.59 Å². The van der Waals surface area contributed by atoms with Gasteiger partial charge in [-0.2, -0.15) is 5.10 Å². The van der Waals surface area contributed by atoms with Crippen molar-refractivity contribution in [3.8, 4) is 5.69 Å². The van der Waals surface area contributed by atoms with Crippen LogP contribution in [0.5, 0.6) is 0 Å². The topological polar surface area (TPSA) is 102 Å². The van der Waals surface area contributed by atoms with E-state index in [-0.39, 0.29) is 29.2 Å². The van der Waals surface area contributed by atoms with E-state index >= 15 is 0 Å². The number of benzene rings is 2. The lowest BCUT2D eigenvalue weighted by molar-refractivity contribution is 0.0950. The second kappa shape index (κ2) is 7.19. The molecule has 4 N–H and O–H groups in total. The SMILES string of the molecule is Cc1ccc(C(=O)NC2CC2)cc1-n1ncc(C(=O)Nc2ccccc2)c1N. The highest BCUT2D eigenvalue weighted by molar-refractivity contribution is 6.07. The molecule has 0 bridgehead atoms. The summed E-state index contributed by atoms with van der Waals surface area (Å²) in [5, 5.41) is 10.1. The minimum absolute atomic E-state index is 0.114. The minimum Gasteiger partial charge on any atom is -0.383 e. The summed E-state index contributed by atoms with van der Waals surface area (Å²) < 4.78 is 1.49. The van der Waals surface area contributed by atoms with Crippen molar-refractivity contribution in [2.45, 2.75) is 25.8 Å². The summed E-state index contributed by atoms with van der Waals surface area (Å²) in [6.07, 6.45) is 3.48. The Morgan fingerprint density at radius 3 is 2.57 bits per heavy atom. The second-order valence-corrected chi connectivity index (χ2v) is 6.92. The predicted octanol–water partition coefficient (Wildman–Crippen LogP) is 2.91. The summed E-state index contributed by atoms with van der Waals surface area (Å²) in [5.41, 5.74) is 9.27. The maximum atomic E-state index is 12.6. The first-order valence-corrected chi connectivity index (χ1v) is 9.14. The first-order valence-electron chi connectivity index (χ1n) is 9.14. The number of aryl methyl sites for hydroxylation is 1. The lowest BCUT2D eigenvalue weighted by atomic mass is 10.1. The molecule has 1 aromatic heterocycles. The van der Waals surface area contributed by atoms with Crippen molar-refractivity contribution in [1.29, 1.82) is 0 Å². The molecule has 0 atom stereocenters. The van der Waals surface area contributed by atoms with Gasteiger partial charge in [-0.05, 0) is 49.6 Å². The van der Waals surface area contributed by atoms with Gasteiger partial charge in [-0.15, -0.1) is 0 Å². The number of rotatable bonds is 5. The molecule has 1 aliphatic carbocycles. The van der Waals surface area contributed by atoms with E-state index in [9.17, 15) is 9.59 Å². The van der Waals surface area contributed by atoms with Crippen LogP contribution in [0.4, 0.5) is 11.5 Å². The van der Waals surface area contributed by atoms with E-state index in [4.69, 9.17) is 5.73 Å². The number of nitrogen functional groups attached to an aromatic ring is 1. The molecule has 1 fully saturated rings. The van der Waals surface area contributed by atoms with Crippen LogP contribution in [0, 0.1) is 6.92 Å². The molecule has 0 spiro atoms. The van der Waals surface area contributed by atoms with E-state index in [0.717, 1.165) is 18.4 Å². The number of amides is 2. The fraction of sp³-hybridized carbons (Fsp3) is 0.190. The number of anilines is 2. The molecular formula is C21H21N5O2. The predicted molar refractivity (Wildman–Crippen MR) is 108 cm³/mol. The van der Waals surface area contributed by atoms with Crippen LogP contribution < -0.4 is 16.4 Å². The van der Waals surface area contributed by atoms with Crippen LogP contribution in [0.25, 0.3) is 5.69 Å². The number of hydrogen-bond acceptors (Lipinski definition) is 4. The van der Waals surface area contributed by atoms with E-state index in [1.165, 1.54) is 10.9 Å². The summed E-state index contributed by atoms with van der Waals surface area (Å²) >= 11 is 0. The Balaban J connectivity index is 1.61. The van der Waals surface area contributed by atoms with Crippen molar-refractivity contribution in [2.75, 3.05) is 11.1 Å². The van der Waals surface area contributed by atoms with Crippen LogP contribution in [0.1, 0.15) is 39.1 Å². The number of carbonyl (C=O) groups excluding carboxylic acids is 2. The largest absolute Gasteiger partial charge is 0.383 e. The smallest absolute Gasteiger partial charge is 0.261 e. The Morgan fingerprint density at radius 1 is 1.11 bits per heavy atom. The van der Waals surface area contributed by atoms with Gasteiger partial charge in [0.05, 0.1) is 11.9 Å². The molecule has 7 nitrogen and oxygen atoms in total. The highest BCUT2D eigenvalue weighted by atomic mass is 16.2. The first kappa shape index (κ1) is 17.8. The monoisotopic (exact) mass is 375 g/mol. The second-order valence-electron chi connectivity index (χ2n) is 6.92. The maximum absolute atomic E-state index is 12.6. The van der Waals surface area contributed by atoms with E-state index in [2.05, 4.69) is 15.7 Å². The van der Waals surface area contributed by atoms with Gasteiger partial charge in [-0.25, -0.2) is 4.68 Å². The van der Waals surface area contributed by atoms with Crippen molar-refractivity contribution in [1.82, 2.24) is 15.1 Å². The number of carbonyl (C=O) groups is 2. The van der Waals surface area contributed by atoms with Crippen molar-refractivity contribution < 1.29 is 9.59 Å². The fourth-order valence-corrected chi connectivity index (χ4v) is 2.92. The van der Waals surface area contributed by atoms with E-state index in [1.807, 2.05) is 31.2 Å². The van der Waals surface area contributed by atoms with Crippen molar-refractivity contribution >= 4 is 23.3 Å². The molecule has 1 saturated carbocycles. The summed E-state index contributed by atoms with van der Waals surface area (Å²) in [6.45, 7) is 1.91. The average Bonchev–Trinajstić information content (AvgIpc) is 3.42. The van der Waals surface area contributed by atoms with Gasteiger partial charge in [0.2, 0.25) is 0 Å². The Hall–Kier alpha value is -3.61. The van der Waals surface area contributed by atoms with Gasteiger partial charge < -0.3 is 16.4 Å². The Bertz CT molecular complexity index is 1040. The van der Waals surface area contributed by atoms with Crippen LogP contribution in [0.2, 0.25) is 0 Å². The van der Waals surface area contributed by atoms with Crippen LogP contribution in [-0.2, 0) is 0 Å². The van der Waals surface area contributed by atoms with Crippen molar-refractivity contribution in [3.05, 3.63) is 71.4 Å². The van der Waals surface area contributed by atoms with E-state index < -0.39 is 0 Å². The molecule has 2 amide bonds. The van der Waals surface area contributed by atoms with Gasteiger partial charge >= 0.3 is 0 Å². The Kier molecular flexibility index (Phi) is 4.57. The summed E-state index contributed by atoms with van der Waals surface area (Å²) in [5.74, 6) is -0.233. The van der Waals surface area contributed by atoms with Crippen molar-refractivity contribution in [3.63, 3.8) is 0 Å². The maximum Gasteiger partial charge on any atom is 0.261 e. The van der Waals surface area contributed by atoms with E-state index in [0.29, 0.717) is 16.9 Å². The molecule has 0 unspecified atom stereocenters. The van der Waals surface area contributed by atoms with Crippen LogP contribution in [-0.4, -0.2) is 27.6 Å². The Morgan fingerprint density at radius 2 is 1.86 bits per heavy atom. The van der Waals surface area contributed by atoms with Crippen molar-refractivity contribution in [2.24, 2.45) is 0 Å². The zero-order valence-corrected chi connectivity index (χ0v) is 15.5. The third-order valence-electron chi connectivity index (χ3n) is 4.69. The number of nitrogens with two attached hydrogens (primary N) is 1. The minimum atomic E-state index is -0.338. The van der Waals surface area contributed by atoms with Crippen LogP contribution in [0.15, 0.2) is 54.7 Å². The summed E-state index contributed by atoms with van der Waals surface area (Å²) in [4.78, 5) is 24.9. The molecule has 7 heteroatoms. The standard InChI is InChI=1S/C21H21N5O2/c1-13-7-8-14(20(27)24-16-9-10-16)11-18(13)26-19(22)17(12-23-26)21(28)25-15-5-3-2-4-6-15/h2-8,11-12,16H,9-10,22H2,1H3,(H,24,27)(H,25,28). The van der Waals surface area contributed by atoms with Gasteiger partial charge in [0.1, 0.15) is 11.4 Å². The van der Waals surface area contributed by atoms with Gasteiger partial charge in [0, 0.05) is 17.3 Å². The molecule has 0 aliphatic heterocycles. The number of hydrogen-bond donors (Lipinski definition) is 3. The van der Waals surface area contributed by atoms with Crippen LogP contribution >= 0.6 is 0 Å². The molecule has 0 radical (unpaired) electrons. The molecule has 28 heavy (non-hydrogen) atoms. The molecule has 2 aromatic carbocycles. The zero-order chi connectivity index (χ0) is 19.7.